The number of benzene rings is 2. The Morgan fingerprint density at radius 1 is 1.14 bits per heavy atom. The second kappa shape index (κ2) is 5.02. The zero-order chi connectivity index (χ0) is 15.2. The highest BCUT2D eigenvalue weighted by atomic mass is 79.9. The number of carbonyl (C=O) groups excluding carboxylic acids is 1. The van der Waals surface area contributed by atoms with Crippen molar-refractivity contribution in [1.82, 2.24) is 0 Å². The number of hydrogen-bond donors (Lipinski definition) is 0. The van der Waals surface area contributed by atoms with Gasteiger partial charge in [-0.15, -0.1) is 0 Å². The predicted molar refractivity (Wildman–Crippen MR) is 78.6 cm³/mol. The molecule has 3 rings (SSSR count). The Morgan fingerprint density at radius 2 is 1.90 bits per heavy atom. The fourth-order valence-electron chi connectivity index (χ4n) is 2.67. The van der Waals surface area contributed by atoms with Crippen LogP contribution >= 0.6 is 15.9 Å². The van der Waals surface area contributed by atoms with Gasteiger partial charge in [0.15, 0.2) is 0 Å². The standard InChI is InChI=1S/C15H11BrF3NO/c16-11-5-6-12-13-9(11)3-1-4-10(13)14(21)20(12)8-2-7-15(17,18)19/h1,3-6H,2,7-8H2. The molecule has 0 spiro atoms. The second-order valence-corrected chi connectivity index (χ2v) is 5.82. The van der Waals surface area contributed by atoms with Crippen LogP contribution < -0.4 is 4.90 Å². The summed E-state index contributed by atoms with van der Waals surface area (Å²) < 4.78 is 37.7. The zero-order valence-corrected chi connectivity index (χ0v) is 12.5. The third kappa shape index (κ3) is 2.52. The first-order valence-electron chi connectivity index (χ1n) is 6.48. The number of hydrogen-bond acceptors (Lipinski definition) is 1. The van der Waals surface area contributed by atoms with Crippen LogP contribution in [0.2, 0.25) is 0 Å². The lowest BCUT2D eigenvalue weighted by Gasteiger charge is -2.18. The molecule has 2 nitrogen and oxygen atoms in total. The summed E-state index contributed by atoms with van der Waals surface area (Å²) in [6, 6.07) is 8.97. The topological polar surface area (TPSA) is 20.3 Å². The van der Waals surface area contributed by atoms with Crippen LogP contribution in [0.15, 0.2) is 34.8 Å². The van der Waals surface area contributed by atoms with E-state index in [0.29, 0.717) is 11.3 Å². The minimum Gasteiger partial charge on any atom is -0.308 e. The van der Waals surface area contributed by atoms with Crippen molar-refractivity contribution in [2.24, 2.45) is 0 Å². The van der Waals surface area contributed by atoms with Crippen LogP contribution in [0, 0.1) is 0 Å². The third-order valence-corrected chi connectivity index (χ3v) is 4.27. The summed E-state index contributed by atoms with van der Waals surface area (Å²) in [5.41, 5.74) is 1.24. The van der Waals surface area contributed by atoms with E-state index in [2.05, 4.69) is 15.9 Å². The number of alkyl halides is 3. The maximum absolute atomic E-state index is 12.4. The smallest absolute Gasteiger partial charge is 0.308 e. The Balaban J connectivity index is 1.94. The van der Waals surface area contributed by atoms with Gasteiger partial charge in [-0.3, -0.25) is 4.79 Å². The average molecular weight is 358 g/mol. The molecular weight excluding hydrogens is 347 g/mol. The quantitative estimate of drug-likeness (QED) is 0.764. The zero-order valence-electron chi connectivity index (χ0n) is 10.9. The van der Waals surface area contributed by atoms with Gasteiger partial charge >= 0.3 is 6.18 Å². The van der Waals surface area contributed by atoms with E-state index in [1.54, 1.807) is 18.2 Å². The summed E-state index contributed by atoms with van der Waals surface area (Å²) in [5.74, 6) is -0.226. The van der Waals surface area contributed by atoms with Crippen LogP contribution in [0.25, 0.3) is 10.8 Å². The number of rotatable bonds is 3. The number of nitrogens with zero attached hydrogens (tertiary/aromatic N) is 1. The molecule has 0 radical (unpaired) electrons. The van der Waals surface area contributed by atoms with Gasteiger partial charge in [0, 0.05) is 28.4 Å². The van der Waals surface area contributed by atoms with E-state index in [4.69, 9.17) is 0 Å². The van der Waals surface area contributed by atoms with Crippen LogP contribution in [-0.2, 0) is 0 Å². The lowest BCUT2D eigenvalue weighted by atomic mass is 10.1. The highest BCUT2D eigenvalue weighted by Gasteiger charge is 2.32. The Bertz CT molecular complexity index is 727. The molecule has 0 aliphatic carbocycles. The molecule has 0 saturated carbocycles. The molecule has 0 N–H and O–H groups in total. The molecule has 0 bridgehead atoms. The molecule has 0 atom stereocenters. The maximum atomic E-state index is 12.4. The van der Waals surface area contributed by atoms with Crippen molar-refractivity contribution >= 4 is 38.3 Å². The van der Waals surface area contributed by atoms with Crippen LogP contribution in [0.3, 0.4) is 0 Å². The average Bonchev–Trinajstić information content (AvgIpc) is 2.68. The highest BCUT2D eigenvalue weighted by Crippen LogP contribution is 2.40. The molecule has 0 saturated heterocycles. The number of carbonyl (C=O) groups is 1. The Labute approximate surface area is 127 Å². The number of halogens is 4. The molecule has 21 heavy (non-hydrogen) atoms. The van der Waals surface area contributed by atoms with Crippen LogP contribution in [0.5, 0.6) is 0 Å². The van der Waals surface area contributed by atoms with E-state index in [1.807, 2.05) is 12.1 Å². The highest BCUT2D eigenvalue weighted by molar-refractivity contribution is 9.10. The number of amides is 1. The van der Waals surface area contributed by atoms with Gasteiger partial charge in [0.2, 0.25) is 0 Å². The molecule has 2 aromatic rings. The normalized spacial score (nSPS) is 14.3. The van der Waals surface area contributed by atoms with Gasteiger partial charge in [0.05, 0.1) is 5.69 Å². The first kappa shape index (κ1) is 14.4. The summed E-state index contributed by atoms with van der Waals surface area (Å²) in [6.07, 6.45) is -5.17. The fraction of sp³-hybridized carbons (Fsp3) is 0.267. The second-order valence-electron chi connectivity index (χ2n) is 4.97. The molecule has 0 fully saturated rings. The summed E-state index contributed by atoms with van der Waals surface area (Å²) >= 11 is 3.43. The molecular formula is C15H11BrF3NO. The van der Waals surface area contributed by atoms with Crippen LogP contribution in [0.1, 0.15) is 23.2 Å². The molecule has 1 aliphatic heterocycles. The molecule has 0 aromatic heterocycles. The first-order chi connectivity index (χ1) is 9.88. The lowest BCUT2D eigenvalue weighted by molar-refractivity contribution is -0.135. The van der Waals surface area contributed by atoms with E-state index >= 15 is 0 Å². The molecule has 1 amide bonds. The van der Waals surface area contributed by atoms with Crippen molar-refractivity contribution < 1.29 is 18.0 Å². The Kier molecular flexibility index (Phi) is 3.43. The summed E-state index contributed by atoms with van der Waals surface area (Å²) in [7, 11) is 0. The van der Waals surface area contributed by atoms with Crippen molar-refractivity contribution in [3.63, 3.8) is 0 Å². The number of anilines is 1. The minimum absolute atomic E-state index is 0.0732. The molecule has 1 aliphatic rings. The predicted octanol–water partition coefficient (Wildman–Crippen LogP) is 4.91. The molecule has 110 valence electrons. The van der Waals surface area contributed by atoms with Gasteiger partial charge in [0.25, 0.3) is 5.91 Å². The fourth-order valence-corrected chi connectivity index (χ4v) is 3.13. The molecule has 1 heterocycles. The van der Waals surface area contributed by atoms with Gasteiger partial charge < -0.3 is 4.90 Å². The van der Waals surface area contributed by atoms with Gasteiger partial charge in [-0.25, -0.2) is 0 Å². The van der Waals surface area contributed by atoms with Gasteiger partial charge in [-0.1, -0.05) is 28.1 Å². The monoisotopic (exact) mass is 357 g/mol. The molecule has 0 unspecified atom stereocenters. The van der Waals surface area contributed by atoms with Gasteiger partial charge in [-0.05, 0) is 30.0 Å². The SMILES string of the molecule is O=C1c2cccc3c(Br)ccc(c23)N1CCCC(F)(F)F. The lowest BCUT2D eigenvalue weighted by Crippen LogP contribution is -2.28. The van der Waals surface area contributed by atoms with E-state index in [-0.39, 0.29) is 18.9 Å². The van der Waals surface area contributed by atoms with Crippen molar-refractivity contribution in [3.8, 4) is 0 Å². The van der Waals surface area contributed by atoms with E-state index < -0.39 is 12.6 Å². The van der Waals surface area contributed by atoms with Crippen molar-refractivity contribution in [2.75, 3.05) is 11.4 Å². The van der Waals surface area contributed by atoms with E-state index in [1.165, 1.54) is 4.90 Å². The van der Waals surface area contributed by atoms with Crippen LogP contribution in [0.4, 0.5) is 18.9 Å². The Morgan fingerprint density at radius 3 is 2.62 bits per heavy atom. The minimum atomic E-state index is -4.19. The van der Waals surface area contributed by atoms with Crippen molar-refractivity contribution in [1.29, 1.82) is 0 Å². The molecule has 6 heteroatoms. The summed E-state index contributed by atoms with van der Waals surface area (Å²) in [4.78, 5) is 13.8. The van der Waals surface area contributed by atoms with Gasteiger partial charge in [-0.2, -0.15) is 13.2 Å². The molecule has 2 aromatic carbocycles. The van der Waals surface area contributed by atoms with Crippen molar-refractivity contribution in [2.45, 2.75) is 19.0 Å². The van der Waals surface area contributed by atoms with E-state index in [0.717, 1.165) is 15.2 Å². The Hall–Kier alpha value is -1.56. The maximum Gasteiger partial charge on any atom is 0.389 e. The first-order valence-corrected chi connectivity index (χ1v) is 7.27. The van der Waals surface area contributed by atoms with Gasteiger partial charge in [0.1, 0.15) is 0 Å². The third-order valence-electron chi connectivity index (χ3n) is 3.57. The van der Waals surface area contributed by atoms with E-state index in [9.17, 15) is 18.0 Å². The van der Waals surface area contributed by atoms with Crippen molar-refractivity contribution in [3.05, 3.63) is 40.4 Å². The largest absolute Gasteiger partial charge is 0.389 e. The summed E-state index contributed by atoms with van der Waals surface area (Å²) in [6.45, 7) is 0.0732. The summed E-state index contributed by atoms with van der Waals surface area (Å²) in [5, 5.41) is 1.71. The van der Waals surface area contributed by atoms with Crippen LogP contribution in [-0.4, -0.2) is 18.6 Å².